The summed E-state index contributed by atoms with van der Waals surface area (Å²) < 4.78 is 10.8. The van der Waals surface area contributed by atoms with Crippen LogP contribution in [0.25, 0.3) is 0 Å². The highest BCUT2D eigenvalue weighted by Crippen LogP contribution is 2.34. The third-order valence-corrected chi connectivity index (χ3v) is 5.41. The number of hydrogen-bond acceptors (Lipinski definition) is 10. The van der Waals surface area contributed by atoms with Gasteiger partial charge < -0.3 is 24.6 Å². The van der Waals surface area contributed by atoms with Crippen LogP contribution in [0.1, 0.15) is 5.56 Å². The van der Waals surface area contributed by atoms with E-state index in [1.165, 1.54) is 11.2 Å². The normalized spacial score (nSPS) is 15.5. The molecule has 1 amide bonds. The fourth-order valence-corrected chi connectivity index (χ4v) is 3.63. The lowest BCUT2D eigenvalue weighted by Gasteiger charge is -2.35. The van der Waals surface area contributed by atoms with Crippen LogP contribution in [0.4, 0.5) is 17.3 Å². The summed E-state index contributed by atoms with van der Waals surface area (Å²) in [6.07, 6.45) is 1.28. The zero-order valence-electron chi connectivity index (χ0n) is 18.0. The van der Waals surface area contributed by atoms with Crippen molar-refractivity contribution in [1.82, 2.24) is 19.8 Å². The van der Waals surface area contributed by atoms with Crippen molar-refractivity contribution < 1.29 is 19.2 Å². The second-order valence-corrected chi connectivity index (χ2v) is 7.74. The molecule has 0 saturated carbocycles. The highest BCUT2D eigenvalue weighted by Gasteiger charge is 2.29. The maximum atomic E-state index is 11.9. The van der Waals surface area contributed by atoms with Crippen LogP contribution in [-0.2, 0) is 11.3 Å². The lowest BCUT2D eigenvalue weighted by molar-refractivity contribution is -0.383. The van der Waals surface area contributed by atoms with E-state index >= 15 is 0 Å². The fourth-order valence-electron chi connectivity index (χ4n) is 3.63. The van der Waals surface area contributed by atoms with Crippen LogP contribution in [0.15, 0.2) is 24.5 Å². The van der Waals surface area contributed by atoms with E-state index in [-0.39, 0.29) is 36.6 Å². The molecular weight excluding hydrogens is 418 g/mol. The molecule has 0 spiro atoms. The van der Waals surface area contributed by atoms with Crippen LogP contribution in [0.3, 0.4) is 0 Å². The van der Waals surface area contributed by atoms with Crippen LogP contribution in [0.5, 0.6) is 11.5 Å². The Morgan fingerprint density at radius 3 is 2.66 bits per heavy atom. The second-order valence-electron chi connectivity index (χ2n) is 7.74. The third-order valence-electron chi connectivity index (χ3n) is 5.41. The number of nitro groups is 1. The summed E-state index contributed by atoms with van der Waals surface area (Å²) in [6, 6.07) is 5.91. The molecule has 2 aliphatic rings. The average Bonchev–Trinajstić information content (AvgIpc) is 3.25. The smallest absolute Gasteiger partial charge is 0.353 e. The predicted octanol–water partition coefficient (Wildman–Crippen LogP) is 0.936. The van der Waals surface area contributed by atoms with E-state index in [2.05, 4.69) is 20.2 Å². The van der Waals surface area contributed by atoms with Gasteiger partial charge in [-0.3, -0.25) is 19.8 Å². The second kappa shape index (κ2) is 9.22. The first-order valence-electron chi connectivity index (χ1n) is 10.2. The third kappa shape index (κ3) is 4.64. The van der Waals surface area contributed by atoms with Gasteiger partial charge in [-0.15, -0.1) is 0 Å². The largest absolute Gasteiger partial charge is 0.454 e. The number of benzene rings is 1. The van der Waals surface area contributed by atoms with Crippen LogP contribution in [0, 0.1) is 10.1 Å². The molecule has 4 rings (SSSR count). The van der Waals surface area contributed by atoms with E-state index in [9.17, 15) is 14.9 Å². The number of carbonyl (C=O) groups excluding carboxylic acids is 1. The zero-order chi connectivity index (χ0) is 22.7. The first kappa shape index (κ1) is 21.6. The van der Waals surface area contributed by atoms with Crippen LogP contribution >= 0.6 is 0 Å². The molecule has 1 aromatic carbocycles. The number of ether oxygens (including phenoxy) is 2. The van der Waals surface area contributed by atoms with Crippen LogP contribution in [0.2, 0.25) is 0 Å². The number of carbonyl (C=O) groups is 1. The molecule has 0 bridgehead atoms. The topological polar surface area (TPSA) is 126 Å². The number of nitrogens with one attached hydrogen (secondary N) is 1. The summed E-state index contributed by atoms with van der Waals surface area (Å²) in [7, 11) is 3.24. The Morgan fingerprint density at radius 2 is 1.94 bits per heavy atom. The summed E-state index contributed by atoms with van der Waals surface area (Å²) in [4.78, 5) is 36.9. The maximum Gasteiger partial charge on any atom is 0.353 e. The van der Waals surface area contributed by atoms with E-state index in [1.54, 1.807) is 14.1 Å². The van der Waals surface area contributed by atoms with E-state index in [1.807, 2.05) is 23.1 Å². The lowest BCUT2D eigenvalue weighted by Crippen LogP contribution is -2.46. The summed E-state index contributed by atoms with van der Waals surface area (Å²) in [6.45, 7) is 3.50. The monoisotopic (exact) mass is 443 g/mol. The molecule has 2 aromatic rings. The van der Waals surface area contributed by atoms with Gasteiger partial charge in [0.2, 0.25) is 24.3 Å². The van der Waals surface area contributed by atoms with Gasteiger partial charge in [-0.2, -0.15) is 0 Å². The number of fused-ring (bicyclic) bond motifs is 1. The molecule has 2 aliphatic heterocycles. The molecule has 1 fully saturated rings. The molecule has 1 N–H and O–H groups in total. The van der Waals surface area contributed by atoms with E-state index in [4.69, 9.17) is 9.47 Å². The fraction of sp³-hybridized carbons (Fsp3) is 0.450. The van der Waals surface area contributed by atoms with Crippen molar-refractivity contribution in [2.24, 2.45) is 0 Å². The molecule has 0 radical (unpaired) electrons. The predicted molar refractivity (Wildman–Crippen MR) is 116 cm³/mol. The molecule has 0 unspecified atom stereocenters. The van der Waals surface area contributed by atoms with Crippen molar-refractivity contribution in [2.75, 3.05) is 63.8 Å². The van der Waals surface area contributed by atoms with Gasteiger partial charge >= 0.3 is 5.69 Å². The summed E-state index contributed by atoms with van der Waals surface area (Å²) in [5, 5.41) is 14.6. The van der Waals surface area contributed by atoms with Gasteiger partial charge in [-0.25, -0.2) is 9.97 Å². The molecule has 1 aromatic heterocycles. The Bertz CT molecular complexity index is 1010. The first-order chi connectivity index (χ1) is 15.4. The Hall–Kier alpha value is -3.67. The Balaban J connectivity index is 1.42. The molecular formula is C20H25N7O5. The zero-order valence-corrected chi connectivity index (χ0v) is 18.0. The van der Waals surface area contributed by atoms with Gasteiger partial charge in [0.15, 0.2) is 11.5 Å². The summed E-state index contributed by atoms with van der Waals surface area (Å²) in [5.74, 6) is 1.60. The van der Waals surface area contributed by atoms with Gasteiger partial charge in [-0.05, 0) is 17.7 Å². The maximum absolute atomic E-state index is 11.9. The number of anilines is 2. The average molecular weight is 443 g/mol. The molecule has 0 aliphatic carbocycles. The van der Waals surface area contributed by atoms with Crippen molar-refractivity contribution in [1.29, 1.82) is 0 Å². The molecule has 0 atom stereocenters. The number of nitrogens with zero attached hydrogens (tertiary/aromatic N) is 6. The number of rotatable bonds is 7. The van der Waals surface area contributed by atoms with Crippen molar-refractivity contribution in [3.8, 4) is 11.5 Å². The summed E-state index contributed by atoms with van der Waals surface area (Å²) in [5.41, 5.74) is 0.899. The van der Waals surface area contributed by atoms with Crippen molar-refractivity contribution >= 4 is 23.2 Å². The Labute approximate surface area is 184 Å². The highest BCUT2D eigenvalue weighted by atomic mass is 16.7. The van der Waals surface area contributed by atoms with Gasteiger partial charge in [0.05, 0.1) is 11.5 Å². The van der Waals surface area contributed by atoms with Crippen molar-refractivity contribution in [3.63, 3.8) is 0 Å². The Kier molecular flexibility index (Phi) is 6.21. The first-order valence-corrected chi connectivity index (χ1v) is 10.2. The Morgan fingerprint density at radius 1 is 1.19 bits per heavy atom. The number of piperazine rings is 1. The molecule has 3 heterocycles. The van der Waals surface area contributed by atoms with E-state index in [0.717, 1.165) is 36.7 Å². The SMILES string of the molecule is CN(C)C(=O)CNc1ncnc(N2CCN(Cc3ccc4c(c3)OCO4)CC2)c1[N+](=O)[O-]. The molecule has 170 valence electrons. The molecule has 12 nitrogen and oxygen atoms in total. The van der Waals surface area contributed by atoms with Gasteiger partial charge in [-0.1, -0.05) is 6.07 Å². The minimum Gasteiger partial charge on any atom is -0.454 e. The highest BCUT2D eigenvalue weighted by molar-refractivity contribution is 5.81. The van der Waals surface area contributed by atoms with Gasteiger partial charge in [0, 0.05) is 46.8 Å². The van der Waals surface area contributed by atoms with Crippen molar-refractivity contribution in [3.05, 3.63) is 40.2 Å². The van der Waals surface area contributed by atoms with Crippen LogP contribution in [-0.4, -0.2) is 84.2 Å². The van der Waals surface area contributed by atoms with Crippen LogP contribution < -0.4 is 19.7 Å². The number of likely N-dealkylation sites (N-methyl/N-ethyl adjacent to an activating group) is 1. The minimum atomic E-state index is -0.503. The van der Waals surface area contributed by atoms with Gasteiger partial charge in [0.1, 0.15) is 6.33 Å². The minimum absolute atomic E-state index is 0.0398. The molecule has 1 saturated heterocycles. The molecule has 12 heteroatoms. The quantitative estimate of drug-likeness (QED) is 0.488. The number of aromatic nitrogens is 2. The van der Waals surface area contributed by atoms with E-state index < -0.39 is 4.92 Å². The number of amides is 1. The summed E-state index contributed by atoms with van der Waals surface area (Å²) >= 11 is 0. The number of hydrogen-bond donors (Lipinski definition) is 1. The van der Waals surface area contributed by atoms with Crippen molar-refractivity contribution in [2.45, 2.75) is 6.54 Å². The van der Waals surface area contributed by atoms with Gasteiger partial charge in [0.25, 0.3) is 0 Å². The lowest BCUT2D eigenvalue weighted by atomic mass is 10.1. The molecule has 32 heavy (non-hydrogen) atoms. The standard InChI is InChI=1S/C20H25N7O5/c1-24(2)17(28)10-21-19-18(27(29)30)20(23-12-22-19)26-7-5-25(6-8-26)11-14-3-4-15-16(9-14)32-13-31-15/h3-4,9,12H,5-8,10-11,13H2,1-2H3,(H,21,22,23). The van der Waals surface area contributed by atoms with E-state index in [0.29, 0.717) is 13.1 Å².